The van der Waals surface area contributed by atoms with E-state index in [-0.39, 0.29) is 23.9 Å². The molecule has 0 heterocycles. The zero-order valence-corrected chi connectivity index (χ0v) is 12.6. The second-order valence-corrected chi connectivity index (χ2v) is 8.40. The van der Waals surface area contributed by atoms with Gasteiger partial charge in [-0.25, -0.2) is 0 Å². The van der Waals surface area contributed by atoms with Crippen molar-refractivity contribution in [1.82, 2.24) is 0 Å². The fourth-order valence-electron chi connectivity index (χ4n) is 4.79. The SMILES string of the molecule is O=C(CS(=O)(=O)O)OCCC12CC3CC(C1)C(=O)C(C3)C2. The highest BCUT2D eigenvalue weighted by Gasteiger charge is 2.54. The molecule has 6 nitrogen and oxygen atoms in total. The normalized spacial score (nSPS) is 37.8. The van der Waals surface area contributed by atoms with Crippen molar-refractivity contribution in [3.63, 3.8) is 0 Å². The lowest BCUT2D eigenvalue weighted by Crippen LogP contribution is -2.51. The van der Waals surface area contributed by atoms with Crippen molar-refractivity contribution in [2.24, 2.45) is 23.2 Å². The Morgan fingerprint density at radius 3 is 2.43 bits per heavy atom. The number of hydrogen-bond acceptors (Lipinski definition) is 5. The summed E-state index contributed by atoms with van der Waals surface area (Å²) in [6, 6.07) is 0. The van der Waals surface area contributed by atoms with Gasteiger partial charge in [0.2, 0.25) is 0 Å². The third-order valence-electron chi connectivity index (χ3n) is 5.32. The average Bonchev–Trinajstić information content (AvgIpc) is 2.32. The van der Waals surface area contributed by atoms with E-state index < -0.39 is 21.8 Å². The number of Topliss-reactive ketones (excluding diaryl/α,β-unsaturated/α-hetero) is 1. The van der Waals surface area contributed by atoms with Crippen molar-refractivity contribution in [3.8, 4) is 0 Å². The van der Waals surface area contributed by atoms with Gasteiger partial charge in [-0.1, -0.05) is 0 Å². The Hall–Kier alpha value is -0.950. The van der Waals surface area contributed by atoms with Gasteiger partial charge in [0.1, 0.15) is 5.78 Å². The number of carbonyl (C=O) groups excluding carboxylic acids is 2. The average molecular weight is 316 g/mol. The number of carbonyl (C=O) groups is 2. The number of hydrogen-bond donors (Lipinski definition) is 1. The summed E-state index contributed by atoms with van der Waals surface area (Å²) in [5.41, 5.74) is 0.0861. The first-order valence-electron chi connectivity index (χ1n) is 7.41. The molecule has 4 saturated carbocycles. The molecule has 2 unspecified atom stereocenters. The molecule has 0 radical (unpaired) electrons. The first-order chi connectivity index (χ1) is 9.76. The highest BCUT2D eigenvalue weighted by atomic mass is 32.2. The van der Waals surface area contributed by atoms with Crippen LogP contribution >= 0.6 is 0 Å². The maximum absolute atomic E-state index is 12.1. The maximum atomic E-state index is 12.1. The van der Waals surface area contributed by atoms with Gasteiger partial charge in [0.25, 0.3) is 10.1 Å². The lowest BCUT2D eigenvalue weighted by Gasteiger charge is -2.55. The van der Waals surface area contributed by atoms with Crippen LogP contribution in [0.1, 0.15) is 38.5 Å². The monoisotopic (exact) mass is 316 g/mol. The van der Waals surface area contributed by atoms with Crippen LogP contribution < -0.4 is 0 Å². The van der Waals surface area contributed by atoms with Gasteiger partial charge in [-0.2, -0.15) is 8.42 Å². The van der Waals surface area contributed by atoms with Gasteiger partial charge < -0.3 is 4.74 Å². The summed E-state index contributed by atoms with van der Waals surface area (Å²) in [5.74, 6) is -0.502. The van der Waals surface area contributed by atoms with Gasteiger partial charge in [0, 0.05) is 11.8 Å². The van der Waals surface area contributed by atoms with Crippen LogP contribution in [0.4, 0.5) is 0 Å². The fraction of sp³-hybridized carbons (Fsp3) is 0.857. The number of ketones is 1. The summed E-state index contributed by atoms with van der Waals surface area (Å²) in [5, 5.41) is 0. The van der Waals surface area contributed by atoms with E-state index in [1.165, 1.54) is 0 Å². The Kier molecular flexibility index (Phi) is 3.60. The molecule has 7 heteroatoms. The Morgan fingerprint density at radius 2 is 1.86 bits per heavy atom. The zero-order valence-electron chi connectivity index (χ0n) is 11.8. The molecule has 4 aliphatic carbocycles. The van der Waals surface area contributed by atoms with Crippen LogP contribution in [0.2, 0.25) is 0 Å². The van der Waals surface area contributed by atoms with Crippen molar-refractivity contribution in [2.75, 3.05) is 12.4 Å². The maximum Gasteiger partial charge on any atom is 0.323 e. The van der Waals surface area contributed by atoms with Crippen molar-refractivity contribution in [2.45, 2.75) is 38.5 Å². The Labute approximate surface area is 124 Å². The Balaban J connectivity index is 1.54. The molecular weight excluding hydrogens is 296 g/mol. The van der Waals surface area contributed by atoms with Crippen LogP contribution in [0.25, 0.3) is 0 Å². The molecule has 1 N–H and O–H groups in total. The van der Waals surface area contributed by atoms with Crippen LogP contribution in [-0.4, -0.2) is 37.1 Å². The third kappa shape index (κ3) is 3.13. The van der Waals surface area contributed by atoms with E-state index in [2.05, 4.69) is 0 Å². The number of rotatable bonds is 5. The predicted octanol–water partition coefficient (Wildman–Crippen LogP) is 1.20. The molecule has 4 fully saturated rings. The van der Waals surface area contributed by atoms with Crippen LogP contribution in [0.15, 0.2) is 0 Å². The van der Waals surface area contributed by atoms with Crippen molar-refractivity contribution in [1.29, 1.82) is 0 Å². The summed E-state index contributed by atoms with van der Waals surface area (Å²) < 4.78 is 34.7. The third-order valence-corrected chi connectivity index (χ3v) is 5.92. The summed E-state index contributed by atoms with van der Waals surface area (Å²) in [6.07, 6.45) is 5.56. The summed E-state index contributed by atoms with van der Waals surface area (Å²) >= 11 is 0. The van der Waals surface area contributed by atoms with E-state index in [9.17, 15) is 18.0 Å². The molecule has 4 bridgehead atoms. The van der Waals surface area contributed by atoms with Gasteiger partial charge in [0.15, 0.2) is 5.75 Å². The topological polar surface area (TPSA) is 97.7 Å². The molecule has 0 amide bonds. The number of esters is 1. The molecule has 4 aliphatic rings. The standard InChI is InChI=1S/C14H20O6S/c15-12(8-21(17,18)19)20-2-1-14-5-9-3-10(6-14)13(16)11(4-9)7-14/h9-11H,1-8H2,(H,17,18,19). The molecular formula is C14H20O6S. The quantitative estimate of drug-likeness (QED) is 0.604. The lowest BCUT2D eigenvalue weighted by atomic mass is 9.48. The van der Waals surface area contributed by atoms with E-state index in [1.54, 1.807) is 0 Å². The molecule has 4 rings (SSSR count). The van der Waals surface area contributed by atoms with Gasteiger partial charge >= 0.3 is 5.97 Å². The van der Waals surface area contributed by atoms with Crippen molar-refractivity contribution >= 4 is 21.9 Å². The molecule has 0 aliphatic heterocycles. The molecule has 118 valence electrons. The highest BCUT2D eigenvalue weighted by molar-refractivity contribution is 7.86. The van der Waals surface area contributed by atoms with E-state index in [0.717, 1.165) is 32.1 Å². The Morgan fingerprint density at radius 1 is 1.24 bits per heavy atom. The fourth-order valence-corrected chi connectivity index (χ4v) is 5.17. The highest BCUT2D eigenvalue weighted by Crippen LogP contribution is 2.59. The lowest BCUT2D eigenvalue weighted by molar-refractivity contribution is -0.152. The van der Waals surface area contributed by atoms with Gasteiger partial charge in [-0.05, 0) is 49.9 Å². The second kappa shape index (κ2) is 5.05. The van der Waals surface area contributed by atoms with Gasteiger partial charge in [-0.15, -0.1) is 0 Å². The Bertz CT molecular complexity index is 548. The van der Waals surface area contributed by atoms with Crippen LogP contribution in [0.3, 0.4) is 0 Å². The molecule has 0 aromatic rings. The van der Waals surface area contributed by atoms with Crippen LogP contribution in [-0.2, 0) is 24.4 Å². The van der Waals surface area contributed by atoms with Crippen molar-refractivity contribution < 1.29 is 27.3 Å². The van der Waals surface area contributed by atoms with E-state index in [0.29, 0.717) is 18.1 Å². The summed E-state index contributed by atoms with van der Waals surface area (Å²) in [7, 11) is -4.33. The van der Waals surface area contributed by atoms with E-state index in [1.807, 2.05) is 0 Å². The zero-order chi connectivity index (χ0) is 15.3. The second-order valence-electron chi connectivity index (χ2n) is 6.94. The molecule has 0 aromatic heterocycles. The van der Waals surface area contributed by atoms with Crippen LogP contribution in [0.5, 0.6) is 0 Å². The first-order valence-corrected chi connectivity index (χ1v) is 9.02. The molecule has 2 atom stereocenters. The summed E-state index contributed by atoms with van der Waals surface area (Å²) in [4.78, 5) is 23.4. The van der Waals surface area contributed by atoms with E-state index >= 15 is 0 Å². The minimum absolute atomic E-state index is 0.0861. The molecule has 0 spiro atoms. The predicted molar refractivity (Wildman–Crippen MR) is 73.0 cm³/mol. The molecule has 21 heavy (non-hydrogen) atoms. The molecule has 0 aromatic carbocycles. The van der Waals surface area contributed by atoms with E-state index in [4.69, 9.17) is 9.29 Å². The minimum Gasteiger partial charge on any atom is -0.465 e. The smallest absolute Gasteiger partial charge is 0.323 e. The number of ether oxygens (including phenoxy) is 1. The summed E-state index contributed by atoms with van der Waals surface area (Å²) in [6.45, 7) is 0.161. The van der Waals surface area contributed by atoms with Crippen molar-refractivity contribution in [3.05, 3.63) is 0 Å². The van der Waals surface area contributed by atoms with Gasteiger partial charge in [0.05, 0.1) is 6.61 Å². The molecule has 0 saturated heterocycles. The first kappa shape index (κ1) is 15.0. The minimum atomic E-state index is -4.33. The largest absolute Gasteiger partial charge is 0.465 e. The van der Waals surface area contributed by atoms with Gasteiger partial charge in [-0.3, -0.25) is 14.1 Å². The van der Waals surface area contributed by atoms with Crippen LogP contribution in [0, 0.1) is 23.2 Å².